The molecule has 0 spiro atoms. The maximum absolute atomic E-state index is 2.51. The quantitative estimate of drug-likeness (QED) is 0.505. The van der Waals surface area contributed by atoms with Crippen molar-refractivity contribution >= 4 is 0 Å². The Labute approximate surface area is 58.7 Å². The van der Waals surface area contributed by atoms with Gasteiger partial charge in [0, 0.05) is 0 Å². The Balaban J connectivity index is 2.23. The van der Waals surface area contributed by atoms with Crippen molar-refractivity contribution in [3.8, 4) is 0 Å². The van der Waals surface area contributed by atoms with Crippen molar-refractivity contribution in [3.05, 3.63) is 6.42 Å². The minimum absolute atomic E-state index is 0.880. The molecule has 0 N–H and O–H groups in total. The van der Waals surface area contributed by atoms with Crippen molar-refractivity contribution in [2.45, 2.75) is 39.5 Å². The van der Waals surface area contributed by atoms with E-state index in [1.807, 2.05) is 0 Å². The summed E-state index contributed by atoms with van der Waals surface area (Å²) < 4.78 is 0. The number of rotatable bonds is 1. The standard InChI is InChI=1S/C9H17/c1-8(2)9-6-4-3-5-7-9/h6,8-9H,3-5,7H2,1-2H3/t9-/m1/s1. The van der Waals surface area contributed by atoms with Gasteiger partial charge in [-0.25, -0.2) is 0 Å². The fraction of sp³-hybridized carbons (Fsp3) is 0.889. The van der Waals surface area contributed by atoms with Gasteiger partial charge < -0.3 is 0 Å². The van der Waals surface area contributed by atoms with E-state index in [9.17, 15) is 0 Å². The average molecular weight is 125 g/mol. The first-order chi connectivity index (χ1) is 4.30. The molecule has 0 saturated heterocycles. The number of hydrogen-bond acceptors (Lipinski definition) is 0. The second kappa shape index (κ2) is 3.24. The van der Waals surface area contributed by atoms with Crippen molar-refractivity contribution in [2.75, 3.05) is 0 Å². The second-order valence-electron chi connectivity index (χ2n) is 3.43. The Bertz CT molecular complexity index is 68.1. The van der Waals surface area contributed by atoms with Crippen molar-refractivity contribution in [1.82, 2.24) is 0 Å². The molecule has 1 aliphatic carbocycles. The first-order valence-electron chi connectivity index (χ1n) is 4.14. The van der Waals surface area contributed by atoms with E-state index in [0.29, 0.717) is 0 Å². The summed E-state index contributed by atoms with van der Waals surface area (Å²) in [4.78, 5) is 0. The maximum Gasteiger partial charge on any atom is -0.0352 e. The molecule has 0 heterocycles. The lowest BCUT2D eigenvalue weighted by atomic mass is 9.82. The summed E-state index contributed by atoms with van der Waals surface area (Å²) in [5, 5.41) is 0. The third-order valence-electron chi connectivity index (χ3n) is 2.32. The molecule has 0 bridgehead atoms. The van der Waals surface area contributed by atoms with E-state index >= 15 is 0 Å². The van der Waals surface area contributed by atoms with Crippen molar-refractivity contribution in [2.24, 2.45) is 11.8 Å². The van der Waals surface area contributed by atoms with Gasteiger partial charge in [-0.3, -0.25) is 0 Å². The third-order valence-corrected chi connectivity index (χ3v) is 2.32. The summed E-state index contributed by atoms with van der Waals surface area (Å²) in [6.45, 7) is 4.65. The van der Waals surface area contributed by atoms with Crippen LogP contribution < -0.4 is 0 Å². The van der Waals surface area contributed by atoms with Gasteiger partial charge in [0.2, 0.25) is 0 Å². The monoisotopic (exact) mass is 125 g/mol. The molecular formula is C9H17. The molecule has 9 heavy (non-hydrogen) atoms. The Morgan fingerprint density at radius 1 is 1.33 bits per heavy atom. The van der Waals surface area contributed by atoms with Gasteiger partial charge in [0.15, 0.2) is 0 Å². The topological polar surface area (TPSA) is 0 Å². The minimum atomic E-state index is 0.880. The van der Waals surface area contributed by atoms with Crippen molar-refractivity contribution in [1.29, 1.82) is 0 Å². The Morgan fingerprint density at radius 3 is 2.44 bits per heavy atom. The SMILES string of the molecule is CC(C)[C@@H]1[CH]CCCC1. The summed E-state index contributed by atoms with van der Waals surface area (Å²) in [6, 6.07) is 0. The predicted molar refractivity (Wildman–Crippen MR) is 41.1 cm³/mol. The fourth-order valence-electron chi connectivity index (χ4n) is 1.58. The van der Waals surface area contributed by atoms with Gasteiger partial charge in [0.05, 0.1) is 0 Å². The van der Waals surface area contributed by atoms with Crippen molar-refractivity contribution < 1.29 is 0 Å². The van der Waals surface area contributed by atoms with Gasteiger partial charge in [-0.1, -0.05) is 26.7 Å². The smallest absolute Gasteiger partial charge is 0.0352 e. The summed E-state index contributed by atoms with van der Waals surface area (Å²) >= 11 is 0. The zero-order chi connectivity index (χ0) is 6.69. The lowest BCUT2D eigenvalue weighted by Crippen LogP contribution is -2.12. The first kappa shape index (κ1) is 7.11. The highest BCUT2D eigenvalue weighted by molar-refractivity contribution is 4.82. The molecule has 0 nitrogen and oxygen atoms in total. The van der Waals surface area contributed by atoms with Crippen LogP contribution >= 0.6 is 0 Å². The van der Waals surface area contributed by atoms with Crippen LogP contribution in [0.2, 0.25) is 0 Å². The summed E-state index contributed by atoms with van der Waals surface area (Å²) in [7, 11) is 0. The van der Waals surface area contributed by atoms with Crippen LogP contribution in [0.4, 0.5) is 0 Å². The molecule has 1 atom stereocenters. The summed E-state index contributed by atoms with van der Waals surface area (Å²) in [6.07, 6.45) is 8.21. The molecule has 0 aliphatic heterocycles. The molecule has 0 unspecified atom stereocenters. The maximum atomic E-state index is 2.51. The van der Waals surface area contributed by atoms with E-state index < -0.39 is 0 Å². The Morgan fingerprint density at radius 2 is 2.11 bits per heavy atom. The van der Waals surface area contributed by atoms with Gasteiger partial charge in [-0.05, 0) is 31.1 Å². The first-order valence-corrected chi connectivity index (χ1v) is 4.14. The lowest BCUT2D eigenvalue weighted by molar-refractivity contribution is 0.350. The van der Waals surface area contributed by atoms with Gasteiger partial charge in [-0.2, -0.15) is 0 Å². The molecular weight excluding hydrogens is 108 g/mol. The zero-order valence-corrected chi connectivity index (χ0v) is 6.56. The van der Waals surface area contributed by atoms with Crippen LogP contribution in [0.5, 0.6) is 0 Å². The van der Waals surface area contributed by atoms with E-state index in [1.165, 1.54) is 25.7 Å². The molecule has 1 radical (unpaired) electrons. The molecule has 0 amide bonds. The van der Waals surface area contributed by atoms with Gasteiger partial charge >= 0.3 is 0 Å². The normalized spacial score (nSPS) is 23.0. The Hall–Kier alpha value is 0. The van der Waals surface area contributed by atoms with E-state index in [-0.39, 0.29) is 0 Å². The van der Waals surface area contributed by atoms with Gasteiger partial charge in [0.1, 0.15) is 0 Å². The molecule has 53 valence electrons. The largest absolute Gasteiger partial charge is 0.0625 e. The third kappa shape index (κ3) is 2.00. The zero-order valence-electron chi connectivity index (χ0n) is 6.56. The highest BCUT2D eigenvalue weighted by Gasteiger charge is 2.15. The molecule has 0 aromatic carbocycles. The number of hydrogen-bond donors (Lipinski definition) is 0. The lowest BCUT2D eigenvalue weighted by Gasteiger charge is -2.24. The van der Waals surface area contributed by atoms with Crippen LogP contribution in [0.3, 0.4) is 0 Å². The van der Waals surface area contributed by atoms with Crippen LogP contribution in [-0.4, -0.2) is 0 Å². The molecule has 0 aromatic heterocycles. The van der Waals surface area contributed by atoms with E-state index in [1.54, 1.807) is 0 Å². The average Bonchev–Trinajstić information content (AvgIpc) is 1.90. The van der Waals surface area contributed by atoms with Crippen LogP contribution in [0.15, 0.2) is 0 Å². The van der Waals surface area contributed by atoms with Gasteiger partial charge in [-0.15, -0.1) is 0 Å². The highest BCUT2D eigenvalue weighted by atomic mass is 14.2. The van der Waals surface area contributed by atoms with Crippen LogP contribution in [0.25, 0.3) is 0 Å². The Kier molecular flexibility index (Phi) is 2.56. The summed E-state index contributed by atoms with van der Waals surface area (Å²) in [5.74, 6) is 1.81. The second-order valence-corrected chi connectivity index (χ2v) is 3.43. The van der Waals surface area contributed by atoms with Crippen LogP contribution in [0.1, 0.15) is 39.5 Å². The summed E-state index contributed by atoms with van der Waals surface area (Å²) in [5.41, 5.74) is 0. The molecule has 0 aromatic rings. The molecule has 0 heteroatoms. The fourth-order valence-corrected chi connectivity index (χ4v) is 1.58. The molecule has 1 fully saturated rings. The van der Waals surface area contributed by atoms with Crippen molar-refractivity contribution in [3.63, 3.8) is 0 Å². The minimum Gasteiger partial charge on any atom is -0.0625 e. The highest BCUT2D eigenvalue weighted by Crippen LogP contribution is 2.28. The molecule has 1 aliphatic rings. The van der Waals surface area contributed by atoms with Crippen LogP contribution in [0, 0.1) is 18.3 Å². The van der Waals surface area contributed by atoms with E-state index in [2.05, 4.69) is 20.3 Å². The van der Waals surface area contributed by atoms with Crippen LogP contribution in [-0.2, 0) is 0 Å². The van der Waals surface area contributed by atoms with E-state index in [4.69, 9.17) is 0 Å². The van der Waals surface area contributed by atoms with E-state index in [0.717, 1.165) is 11.8 Å². The molecule has 1 saturated carbocycles. The predicted octanol–water partition coefficient (Wildman–Crippen LogP) is 3.04. The van der Waals surface area contributed by atoms with Gasteiger partial charge in [0.25, 0.3) is 0 Å². The molecule has 1 rings (SSSR count).